The van der Waals surface area contributed by atoms with Gasteiger partial charge in [0.25, 0.3) is 0 Å². The van der Waals surface area contributed by atoms with Crippen LogP contribution < -0.4 is 15.0 Å². The van der Waals surface area contributed by atoms with Crippen LogP contribution in [0.25, 0.3) is 0 Å². The van der Waals surface area contributed by atoms with Gasteiger partial charge < -0.3 is 14.8 Å². The van der Waals surface area contributed by atoms with E-state index in [9.17, 15) is 9.59 Å². The lowest BCUT2D eigenvalue weighted by molar-refractivity contribution is -0.119. The van der Waals surface area contributed by atoms with E-state index in [0.29, 0.717) is 23.7 Å². The molecule has 0 bridgehead atoms. The summed E-state index contributed by atoms with van der Waals surface area (Å²) in [4.78, 5) is 29.9. The van der Waals surface area contributed by atoms with E-state index >= 15 is 0 Å². The maximum atomic E-state index is 12.4. The van der Waals surface area contributed by atoms with Crippen LogP contribution in [-0.4, -0.2) is 36.2 Å². The third-order valence-electron chi connectivity index (χ3n) is 3.60. The van der Waals surface area contributed by atoms with Gasteiger partial charge in [-0.2, -0.15) is 0 Å². The van der Waals surface area contributed by atoms with Gasteiger partial charge in [0.15, 0.2) is 0 Å². The number of carbonyl (C=O) groups excluding carboxylic acids is 2. The van der Waals surface area contributed by atoms with Crippen molar-refractivity contribution in [1.82, 2.24) is 10.3 Å². The molecule has 1 aliphatic rings. The summed E-state index contributed by atoms with van der Waals surface area (Å²) in [6.07, 6.45) is -0.0700. The van der Waals surface area contributed by atoms with Crippen LogP contribution in [0.1, 0.15) is 45.9 Å². The molecule has 1 aliphatic heterocycles. The Balaban J connectivity index is 2.44. The monoisotopic (exact) mass is 321 g/mol. The third kappa shape index (κ3) is 3.72. The average Bonchev–Trinajstić information content (AvgIpc) is 2.45. The van der Waals surface area contributed by atoms with Crippen LogP contribution in [0.15, 0.2) is 12.1 Å². The fraction of sp³-hybridized carbons (Fsp3) is 0.562. The second-order valence-electron chi connectivity index (χ2n) is 5.90. The Morgan fingerprint density at radius 1 is 1.39 bits per heavy atom. The average molecular weight is 321 g/mol. The molecule has 7 heteroatoms. The Hall–Kier alpha value is -2.31. The van der Waals surface area contributed by atoms with E-state index in [2.05, 4.69) is 10.3 Å². The van der Waals surface area contributed by atoms with Gasteiger partial charge in [0.05, 0.1) is 30.6 Å². The van der Waals surface area contributed by atoms with Gasteiger partial charge in [-0.1, -0.05) is 0 Å². The molecular weight excluding hydrogens is 298 g/mol. The zero-order valence-electron chi connectivity index (χ0n) is 14.1. The highest BCUT2D eigenvalue weighted by Crippen LogP contribution is 2.37. The number of fused-ring (bicyclic) bond motifs is 1. The quantitative estimate of drug-likeness (QED) is 0.924. The minimum atomic E-state index is -0.415. The summed E-state index contributed by atoms with van der Waals surface area (Å²) in [5.41, 5.74) is 1.24. The molecule has 126 valence electrons. The number of amides is 2. The lowest BCUT2D eigenvalue weighted by Gasteiger charge is -2.38. The summed E-state index contributed by atoms with van der Waals surface area (Å²) in [6, 6.07) is 3.07. The van der Waals surface area contributed by atoms with Crippen LogP contribution in [0.5, 0.6) is 5.88 Å². The Morgan fingerprint density at radius 3 is 2.65 bits per heavy atom. The number of nitrogens with zero attached hydrogens (tertiary/aromatic N) is 2. The number of hydrogen-bond donors (Lipinski definition) is 1. The number of pyridine rings is 1. The molecule has 0 fully saturated rings. The molecule has 2 atom stereocenters. The number of rotatable bonds is 3. The highest BCUT2D eigenvalue weighted by molar-refractivity contribution is 5.90. The minimum Gasteiger partial charge on any atom is -0.481 e. The lowest BCUT2D eigenvalue weighted by Crippen LogP contribution is -2.47. The van der Waals surface area contributed by atoms with E-state index in [0.717, 1.165) is 0 Å². The SMILES string of the molecule is COc1ccc2c(n1)[C@@H](NC(C)=O)C[C@@H](C)N2C(=O)OC(C)C. The first-order valence-electron chi connectivity index (χ1n) is 7.65. The predicted molar refractivity (Wildman–Crippen MR) is 85.5 cm³/mol. The van der Waals surface area contributed by atoms with Crippen molar-refractivity contribution >= 4 is 17.7 Å². The van der Waals surface area contributed by atoms with Gasteiger partial charge in [-0.25, -0.2) is 9.78 Å². The first kappa shape index (κ1) is 17.1. The number of anilines is 1. The second kappa shape index (κ2) is 6.85. The van der Waals surface area contributed by atoms with Crippen LogP contribution in [-0.2, 0) is 9.53 Å². The van der Waals surface area contributed by atoms with Gasteiger partial charge in [0.2, 0.25) is 11.8 Å². The molecule has 0 saturated heterocycles. The Morgan fingerprint density at radius 2 is 2.09 bits per heavy atom. The van der Waals surface area contributed by atoms with Crippen LogP contribution in [0, 0.1) is 0 Å². The number of carbonyl (C=O) groups is 2. The number of aromatic nitrogens is 1. The summed E-state index contributed by atoms with van der Waals surface area (Å²) >= 11 is 0. The maximum absolute atomic E-state index is 12.4. The Kier molecular flexibility index (Phi) is 5.08. The van der Waals surface area contributed by atoms with Crippen molar-refractivity contribution in [2.45, 2.75) is 52.3 Å². The van der Waals surface area contributed by atoms with E-state index in [1.165, 1.54) is 14.0 Å². The molecule has 1 N–H and O–H groups in total. The molecule has 2 amide bonds. The zero-order chi connectivity index (χ0) is 17.1. The van der Waals surface area contributed by atoms with Gasteiger partial charge in [0.1, 0.15) is 0 Å². The molecule has 23 heavy (non-hydrogen) atoms. The van der Waals surface area contributed by atoms with Gasteiger partial charge in [-0.3, -0.25) is 9.69 Å². The molecule has 7 nitrogen and oxygen atoms in total. The second-order valence-corrected chi connectivity index (χ2v) is 5.90. The molecule has 0 aromatic carbocycles. The maximum Gasteiger partial charge on any atom is 0.414 e. The summed E-state index contributed by atoms with van der Waals surface area (Å²) in [5.74, 6) is 0.293. The highest BCUT2D eigenvalue weighted by atomic mass is 16.6. The van der Waals surface area contributed by atoms with Crippen LogP contribution >= 0.6 is 0 Å². The van der Waals surface area contributed by atoms with Gasteiger partial charge in [-0.05, 0) is 33.3 Å². The largest absolute Gasteiger partial charge is 0.481 e. The molecular formula is C16H23N3O4. The predicted octanol–water partition coefficient (Wildman–Crippen LogP) is 2.41. The van der Waals surface area contributed by atoms with Gasteiger partial charge in [-0.15, -0.1) is 0 Å². The lowest BCUT2D eigenvalue weighted by atomic mass is 9.96. The smallest absolute Gasteiger partial charge is 0.414 e. The van der Waals surface area contributed by atoms with Crippen molar-refractivity contribution in [3.8, 4) is 5.88 Å². The summed E-state index contributed by atoms with van der Waals surface area (Å²) < 4.78 is 10.5. The fourth-order valence-corrected chi connectivity index (χ4v) is 2.73. The standard InChI is InChI=1S/C16H23N3O4/c1-9(2)23-16(21)19-10(3)8-12(17-11(4)20)15-13(19)6-7-14(18-15)22-5/h6-7,9-10,12H,8H2,1-5H3,(H,17,20)/t10-,12+/m1/s1. The first-order valence-corrected chi connectivity index (χ1v) is 7.65. The van der Waals surface area contributed by atoms with E-state index in [1.54, 1.807) is 30.9 Å². The number of ether oxygens (including phenoxy) is 2. The molecule has 0 spiro atoms. The molecule has 0 unspecified atom stereocenters. The fourth-order valence-electron chi connectivity index (χ4n) is 2.73. The number of methoxy groups -OCH3 is 1. The molecule has 2 heterocycles. The van der Waals surface area contributed by atoms with Crippen molar-refractivity contribution in [3.63, 3.8) is 0 Å². The molecule has 0 aliphatic carbocycles. The van der Waals surface area contributed by atoms with Crippen LogP contribution in [0.3, 0.4) is 0 Å². The van der Waals surface area contributed by atoms with Crippen molar-refractivity contribution in [2.24, 2.45) is 0 Å². The molecule has 0 saturated carbocycles. The van der Waals surface area contributed by atoms with E-state index in [-0.39, 0.29) is 24.1 Å². The minimum absolute atomic E-state index is 0.124. The first-order chi connectivity index (χ1) is 10.8. The zero-order valence-corrected chi connectivity index (χ0v) is 14.1. The van der Waals surface area contributed by atoms with Gasteiger partial charge in [0, 0.05) is 19.0 Å². The molecule has 1 aromatic rings. The Bertz CT molecular complexity index is 603. The van der Waals surface area contributed by atoms with Crippen LogP contribution in [0.4, 0.5) is 10.5 Å². The van der Waals surface area contributed by atoms with E-state index in [4.69, 9.17) is 9.47 Å². The Labute approximate surface area is 136 Å². The normalized spacial score (nSPS) is 20.0. The third-order valence-corrected chi connectivity index (χ3v) is 3.60. The molecule has 0 radical (unpaired) electrons. The highest BCUT2D eigenvalue weighted by Gasteiger charge is 2.36. The van der Waals surface area contributed by atoms with Crippen molar-refractivity contribution < 1.29 is 19.1 Å². The molecule has 1 aromatic heterocycles. The van der Waals surface area contributed by atoms with Gasteiger partial charge >= 0.3 is 6.09 Å². The summed E-state index contributed by atoms with van der Waals surface area (Å²) in [7, 11) is 1.53. The summed E-state index contributed by atoms with van der Waals surface area (Å²) in [5, 5.41) is 2.88. The van der Waals surface area contributed by atoms with Crippen molar-refractivity contribution in [1.29, 1.82) is 0 Å². The number of hydrogen-bond acceptors (Lipinski definition) is 5. The van der Waals surface area contributed by atoms with E-state index in [1.807, 2.05) is 6.92 Å². The molecule has 2 rings (SSSR count). The van der Waals surface area contributed by atoms with Crippen molar-refractivity contribution in [3.05, 3.63) is 17.8 Å². The van der Waals surface area contributed by atoms with Crippen LogP contribution in [0.2, 0.25) is 0 Å². The van der Waals surface area contributed by atoms with Crippen molar-refractivity contribution in [2.75, 3.05) is 12.0 Å². The van der Waals surface area contributed by atoms with E-state index < -0.39 is 6.09 Å². The topological polar surface area (TPSA) is 80.8 Å². The number of nitrogens with one attached hydrogen (secondary N) is 1. The summed E-state index contributed by atoms with van der Waals surface area (Å²) in [6.45, 7) is 6.99.